The summed E-state index contributed by atoms with van der Waals surface area (Å²) in [5.41, 5.74) is 7.42. The van der Waals surface area contributed by atoms with Gasteiger partial charge >= 0.3 is 0 Å². The van der Waals surface area contributed by atoms with Crippen LogP contribution >= 0.6 is 0 Å². The van der Waals surface area contributed by atoms with Gasteiger partial charge in [0.2, 0.25) is 0 Å². The number of aliphatic hydroxyl groups is 1. The lowest BCUT2D eigenvalue weighted by atomic mass is 9.77. The summed E-state index contributed by atoms with van der Waals surface area (Å²) in [6, 6.07) is 14.9. The maximum atomic E-state index is 13.0. The van der Waals surface area contributed by atoms with Gasteiger partial charge in [0.1, 0.15) is 5.60 Å². The predicted octanol–water partition coefficient (Wildman–Crippen LogP) is 2.59. The van der Waals surface area contributed by atoms with Crippen molar-refractivity contribution in [3.63, 3.8) is 0 Å². The van der Waals surface area contributed by atoms with Crippen molar-refractivity contribution >= 4 is 23.3 Å². The monoisotopic (exact) mass is 435 g/mol. The van der Waals surface area contributed by atoms with Crippen LogP contribution in [0.15, 0.2) is 48.5 Å². The molecule has 1 aliphatic heterocycles. The maximum Gasteiger partial charge on any atom is 0.294 e. The fourth-order valence-electron chi connectivity index (χ4n) is 4.44. The van der Waals surface area contributed by atoms with Crippen molar-refractivity contribution in [1.82, 2.24) is 4.90 Å². The number of carbonyl (C=O) groups excluding carboxylic acids is 3. The number of hydrogen-bond acceptors (Lipinski definition) is 5. The Labute approximate surface area is 187 Å². The lowest BCUT2D eigenvalue weighted by molar-refractivity contribution is -0.153. The number of anilines is 1. The summed E-state index contributed by atoms with van der Waals surface area (Å²) in [6.45, 7) is 1.82. The molecule has 0 aromatic heterocycles. The highest BCUT2D eigenvalue weighted by Gasteiger charge is 2.45. The molecule has 7 heteroatoms. The standard InChI is InChI=1S/C25H29N3O4/c26-16-17-4-1-5-19(14-17)18-8-12-28(13-9-18)24(31)20-6-2-7-21(15-20)27-23(30)22(29)25(32)10-3-11-25/h1-2,4-7,14-15,18,32H,3,8-13,16,26H2,(H,27,30). The van der Waals surface area contributed by atoms with Gasteiger partial charge in [0, 0.05) is 30.9 Å². The van der Waals surface area contributed by atoms with Crippen LogP contribution in [0.4, 0.5) is 5.69 Å². The zero-order valence-corrected chi connectivity index (χ0v) is 18.0. The van der Waals surface area contributed by atoms with E-state index in [-0.39, 0.29) is 5.91 Å². The molecule has 4 N–H and O–H groups in total. The van der Waals surface area contributed by atoms with Crippen molar-refractivity contribution < 1.29 is 19.5 Å². The third-order valence-electron chi connectivity index (χ3n) is 6.62. The average Bonchev–Trinajstić information content (AvgIpc) is 2.81. The molecule has 1 aliphatic carbocycles. The minimum Gasteiger partial charge on any atom is -0.381 e. The smallest absolute Gasteiger partial charge is 0.294 e. The molecule has 32 heavy (non-hydrogen) atoms. The minimum atomic E-state index is -1.54. The van der Waals surface area contributed by atoms with Gasteiger partial charge in [0.15, 0.2) is 0 Å². The summed E-state index contributed by atoms with van der Waals surface area (Å²) in [6.07, 6.45) is 3.11. The Balaban J connectivity index is 1.37. The molecule has 0 bridgehead atoms. The first kappa shape index (κ1) is 22.2. The molecular weight excluding hydrogens is 406 g/mol. The van der Waals surface area contributed by atoms with Crippen LogP contribution in [0.25, 0.3) is 0 Å². The Kier molecular flexibility index (Phi) is 6.39. The van der Waals surface area contributed by atoms with E-state index in [1.807, 2.05) is 17.0 Å². The molecule has 7 nitrogen and oxygen atoms in total. The second kappa shape index (κ2) is 9.22. The summed E-state index contributed by atoms with van der Waals surface area (Å²) in [4.78, 5) is 39.2. The number of Topliss-reactive ketones (excluding diaryl/α,β-unsaturated/α-hetero) is 1. The van der Waals surface area contributed by atoms with Crippen LogP contribution in [0.2, 0.25) is 0 Å². The van der Waals surface area contributed by atoms with Gasteiger partial charge in [0.05, 0.1) is 0 Å². The number of benzene rings is 2. The molecule has 2 aromatic carbocycles. The summed E-state index contributed by atoms with van der Waals surface area (Å²) in [5, 5.41) is 12.6. The lowest BCUT2D eigenvalue weighted by Gasteiger charge is -2.34. The first-order valence-electron chi connectivity index (χ1n) is 11.2. The lowest BCUT2D eigenvalue weighted by Crippen LogP contribution is -2.50. The average molecular weight is 436 g/mol. The van der Waals surface area contributed by atoms with E-state index >= 15 is 0 Å². The molecule has 1 saturated carbocycles. The van der Waals surface area contributed by atoms with E-state index in [1.54, 1.807) is 24.3 Å². The Bertz CT molecular complexity index is 1020. The van der Waals surface area contributed by atoms with E-state index in [4.69, 9.17) is 5.73 Å². The number of likely N-dealkylation sites (tertiary alicyclic amines) is 1. The number of piperidine rings is 1. The van der Waals surface area contributed by atoms with Crippen LogP contribution < -0.4 is 11.1 Å². The first-order chi connectivity index (χ1) is 15.4. The highest BCUT2D eigenvalue weighted by molar-refractivity contribution is 6.43. The van der Waals surface area contributed by atoms with Crippen LogP contribution in [-0.2, 0) is 16.1 Å². The minimum absolute atomic E-state index is 0.0980. The Morgan fingerprint density at radius 2 is 1.78 bits per heavy atom. The van der Waals surface area contributed by atoms with E-state index < -0.39 is 17.3 Å². The van der Waals surface area contributed by atoms with Gasteiger partial charge in [-0.05, 0) is 67.3 Å². The highest BCUT2D eigenvalue weighted by Crippen LogP contribution is 2.33. The van der Waals surface area contributed by atoms with Crippen LogP contribution in [0.1, 0.15) is 59.5 Å². The van der Waals surface area contributed by atoms with Crippen molar-refractivity contribution in [3.8, 4) is 0 Å². The van der Waals surface area contributed by atoms with E-state index in [0.29, 0.717) is 49.6 Å². The predicted molar refractivity (Wildman–Crippen MR) is 121 cm³/mol. The number of hydrogen-bond donors (Lipinski definition) is 3. The van der Waals surface area contributed by atoms with Crippen LogP contribution in [0.3, 0.4) is 0 Å². The van der Waals surface area contributed by atoms with E-state index in [2.05, 4.69) is 17.4 Å². The highest BCUT2D eigenvalue weighted by atomic mass is 16.3. The molecule has 0 spiro atoms. The molecule has 0 unspecified atom stereocenters. The molecule has 2 amide bonds. The van der Waals surface area contributed by atoms with Crippen LogP contribution in [0.5, 0.6) is 0 Å². The second-order valence-corrected chi connectivity index (χ2v) is 8.76. The van der Waals surface area contributed by atoms with Gasteiger partial charge in [-0.15, -0.1) is 0 Å². The number of carbonyl (C=O) groups is 3. The maximum absolute atomic E-state index is 13.0. The number of amides is 2. The van der Waals surface area contributed by atoms with Crippen LogP contribution in [-0.4, -0.2) is 46.3 Å². The summed E-state index contributed by atoms with van der Waals surface area (Å²) in [5.74, 6) is -1.36. The number of rotatable bonds is 6. The van der Waals surface area contributed by atoms with E-state index in [1.165, 1.54) is 5.56 Å². The van der Waals surface area contributed by atoms with Crippen molar-refractivity contribution in [2.24, 2.45) is 5.73 Å². The SMILES string of the molecule is NCc1cccc(C2CCN(C(=O)c3cccc(NC(=O)C(=O)C4(O)CCC4)c3)CC2)c1. The van der Waals surface area contributed by atoms with Crippen molar-refractivity contribution in [2.45, 2.75) is 50.2 Å². The molecule has 0 radical (unpaired) electrons. The third-order valence-corrected chi connectivity index (χ3v) is 6.62. The largest absolute Gasteiger partial charge is 0.381 e. The summed E-state index contributed by atoms with van der Waals surface area (Å²) >= 11 is 0. The van der Waals surface area contributed by atoms with Crippen molar-refractivity contribution in [1.29, 1.82) is 0 Å². The van der Waals surface area contributed by atoms with Crippen molar-refractivity contribution in [3.05, 3.63) is 65.2 Å². The Morgan fingerprint density at radius 3 is 2.44 bits per heavy atom. The third kappa shape index (κ3) is 4.59. The zero-order valence-electron chi connectivity index (χ0n) is 18.0. The molecule has 2 fully saturated rings. The van der Waals surface area contributed by atoms with Gasteiger partial charge in [-0.3, -0.25) is 14.4 Å². The van der Waals surface area contributed by atoms with Gasteiger partial charge < -0.3 is 21.1 Å². The Morgan fingerprint density at radius 1 is 1.06 bits per heavy atom. The second-order valence-electron chi connectivity index (χ2n) is 8.76. The molecule has 168 valence electrons. The molecule has 2 aliphatic rings. The van der Waals surface area contributed by atoms with Crippen molar-refractivity contribution in [2.75, 3.05) is 18.4 Å². The van der Waals surface area contributed by atoms with E-state index in [9.17, 15) is 19.5 Å². The fourth-order valence-corrected chi connectivity index (χ4v) is 4.44. The quantitative estimate of drug-likeness (QED) is 0.604. The first-order valence-corrected chi connectivity index (χ1v) is 11.2. The Hall–Kier alpha value is -3.03. The fraction of sp³-hybridized carbons (Fsp3) is 0.400. The topological polar surface area (TPSA) is 113 Å². The summed E-state index contributed by atoms with van der Waals surface area (Å²) in [7, 11) is 0. The molecular formula is C25H29N3O4. The molecule has 1 heterocycles. The van der Waals surface area contributed by atoms with Crippen LogP contribution in [0, 0.1) is 0 Å². The number of nitrogens with one attached hydrogen (secondary N) is 1. The molecule has 4 rings (SSSR count). The number of nitrogens with two attached hydrogens (primary N) is 1. The molecule has 0 atom stereocenters. The number of nitrogens with zero attached hydrogens (tertiary/aromatic N) is 1. The van der Waals surface area contributed by atoms with Gasteiger partial charge in [-0.25, -0.2) is 0 Å². The van der Waals surface area contributed by atoms with Gasteiger partial charge in [-0.2, -0.15) is 0 Å². The van der Waals surface area contributed by atoms with E-state index in [0.717, 1.165) is 24.8 Å². The molecule has 1 saturated heterocycles. The number of ketones is 1. The zero-order chi connectivity index (χ0) is 22.7. The molecule has 2 aromatic rings. The normalized spacial score (nSPS) is 18.0. The summed E-state index contributed by atoms with van der Waals surface area (Å²) < 4.78 is 0. The van der Waals surface area contributed by atoms with Gasteiger partial charge in [-0.1, -0.05) is 30.3 Å². The van der Waals surface area contributed by atoms with Gasteiger partial charge in [0.25, 0.3) is 17.6 Å².